The zero-order valence-electron chi connectivity index (χ0n) is 6.73. The van der Waals surface area contributed by atoms with Gasteiger partial charge in [-0.3, -0.25) is 9.89 Å². The third kappa shape index (κ3) is 1.71. The second-order valence-corrected chi connectivity index (χ2v) is 2.43. The van der Waals surface area contributed by atoms with E-state index in [9.17, 15) is 4.79 Å². The van der Waals surface area contributed by atoms with Crippen molar-refractivity contribution in [2.75, 3.05) is 13.7 Å². The van der Waals surface area contributed by atoms with Crippen LogP contribution in [0.2, 0.25) is 0 Å². The van der Waals surface area contributed by atoms with Gasteiger partial charge in [0.05, 0.1) is 6.61 Å². The van der Waals surface area contributed by atoms with Crippen LogP contribution in [0.1, 0.15) is 11.3 Å². The highest BCUT2D eigenvalue weighted by Crippen LogP contribution is 1.97. The van der Waals surface area contributed by atoms with Gasteiger partial charge in [0.2, 0.25) is 0 Å². The molecule has 1 heterocycles. The van der Waals surface area contributed by atoms with Gasteiger partial charge >= 0.3 is 0 Å². The van der Waals surface area contributed by atoms with Crippen molar-refractivity contribution in [3.8, 4) is 0 Å². The summed E-state index contributed by atoms with van der Waals surface area (Å²) in [7, 11) is 1.62. The summed E-state index contributed by atoms with van der Waals surface area (Å²) in [5, 5.41) is 5.26. The van der Waals surface area contributed by atoms with E-state index in [1.54, 1.807) is 7.11 Å². The second kappa shape index (κ2) is 3.39. The Morgan fingerprint density at radius 2 is 2.18 bits per heavy atom. The summed E-state index contributed by atoms with van der Waals surface area (Å²) in [6.07, 6.45) is 0.668. The van der Waals surface area contributed by atoms with E-state index in [-0.39, 0.29) is 5.56 Å². The molecule has 0 aliphatic carbocycles. The Bertz CT molecular complexity index is 274. The van der Waals surface area contributed by atoms with Gasteiger partial charge in [-0.25, -0.2) is 0 Å². The summed E-state index contributed by atoms with van der Waals surface area (Å²) in [6.45, 7) is 2.45. The molecule has 11 heavy (non-hydrogen) atoms. The highest BCUT2D eigenvalue weighted by Gasteiger charge is 2.03. The highest BCUT2D eigenvalue weighted by atomic mass is 16.5. The molecule has 0 atom stereocenters. The van der Waals surface area contributed by atoms with Gasteiger partial charge in [-0.1, -0.05) is 0 Å². The Kier molecular flexibility index (Phi) is 2.48. The summed E-state index contributed by atoms with van der Waals surface area (Å²) >= 11 is 0. The second-order valence-electron chi connectivity index (χ2n) is 2.43. The molecule has 2 N–H and O–H groups in total. The number of ether oxygens (including phenoxy) is 1. The molecule has 0 saturated heterocycles. The Morgan fingerprint density at radius 3 is 2.64 bits per heavy atom. The highest BCUT2D eigenvalue weighted by molar-refractivity contribution is 5.14. The number of rotatable bonds is 3. The first-order valence-corrected chi connectivity index (χ1v) is 3.50. The first-order valence-electron chi connectivity index (χ1n) is 3.50. The molecule has 62 valence electrons. The van der Waals surface area contributed by atoms with Gasteiger partial charge in [0.15, 0.2) is 0 Å². The lowest BCUT2D eigenvalue weighted by molar-refractivity contribution is 0.202. The average Bonchev–Trinajstić information content (AvgIpc) is 2.29. The molecular formula is C7H12N2O2. The SMILES string of the molecule is COCCc1c(C)[nH][nH]c1=O. The van der Waals surface area contributed by atoms with Gasteiger partial charge < -0.3 is 9.84 Å². The van der Waals surface area contributed by atoms with E-state index >= 15 is 0 Å². The maximum Gasteiger partial charge on any atom is 0.267 e. The number of H-pyrrole nitrogens is 2. The van der Waals surface area contributed by atoms with Crippen molar-refractivity contribution < 1.29 is 4.74 Å². The van der Waals surface area contributed by atoms with Crippen molar-refractivity contribution >= 4 is 0 Å². The van der Waals surface area contributed by atoms with Crippen LogP contribution >= 0.6 is 0 Å². The van der Waals surface area contributed by atoms with Crippen LogP contribution < -0.4 is 5.56 Å². The molecular weight excluding hydrogens is 144 g/mol. The van der Waals surface area contributed by atoms with Crippen molar-refractivity contribution in [1.82, 2.24) is 10.2 Å². The summed E-state index contributed by atoms with van der Waals surface area (Å²) in [4.78, 5) is 11.0. The monoisotopic (exact) mass is 156 g/mol. The largest absolute Gasteiger partial charge is 0.384 e. The smallest absolute Gasteiger partial charge is 0.267 e. The molecule has 1 aromatic rings. The molecule has 1 aromatic heterocycles. The van der Waals surface area contributed by atoms with Crippen LogP contribution in [0.5, 0.6) is 0 Å². The van der Waals surface area contributed by atoms with E-state index in [2.05, 4.69) is 10.2 Å². The van der Waals surface area contributed by atoms with Crippen LogP contribution in [0.4, 0.5) is 0 Å². The zero-order valence-corrected chi connectivity index (χ0v) is 6.73. The van der Waals surface area contributed by atoms with Crippen molar-refractivity contribution in [1.29, 1.82) is 0 Å². The number of aromatic nitrogens is 2. The molecule has 0 aliphatic rings. The average molecular weight is 156 g/mol. The number of hydrogen-bond acceptors (Lipinski definition) is 2. The van der Waals surface area contributed by atoms with E-state index < -0.39 is 0 Å². The minimum absolute atomic E-state index is 0.0421. The van der Waals surface area contributed by atoms with E-state index in [0.29, 0.717) is 13.0 Å². The number of methoxy groups -OCH3 is 1. The minimum atomic E-state index is -0.0421. The van der Waals surface area contributed by atoms with Crippen molar-refractivity contribution in [2.45, 2.75) is 13.3 Å². The molecule has 4 nitrogen and oxygen atoms in total. The van der Waals surface area contributed by atoms with Crippen molar-refractivity contribution in [3.63, 3.8) is 0 Å². The third-order valence-electron chi connectivity index (χ3n) is 1.65. The summed E-state index contributed by atoms with van der Waals surface area (Å²) in [5.74, 6) is 0. The first-order chi connectivity index (χ1) is 5.25. The van der Waals surface area contributed by atoms with E-state index in [0.717, 1.165) is 11.3 Å². The maximum atomic E-state index is 11.0. The number of aryl methyl sites for hydroxylation is 1. The Balaban J connectivity index is 2.75. The number of nitrogens with one attached hydrogen (secondary N) is 2. The Labute approximate surface area is 64.6 Å². The van der Waals surface area contributed by atoms with Crippen molar-refractivity contribution in [2.24, 2.45) is 0 Å². The van der Waals surface area contributed by atoms with Crippen LogP contribution in [-0.4, -0.2) is 23.9 Å². The lowest BCUT2D eigenvalue weighted by Crippen LogP contribution is -2.08. The molecule has 0 bridgehead atoms. The van der Waals surface area contributed by atoms with Gasteiger partial charge in [0.25, 0.3) is 5.56 Å². The Hall–Kier alpha value is -1.03. The van der Waals surface area contributed by atoms with E-state index in [1.165, 1.54) is 0 Å². The van der Waals surface area contributed by atoms with Crippen LogP contribution in [-0.2, 0) is 11.2 Å². The van der Waals surface area contributed by atoms with Crippen LogP contribution in [0.25, 0.3) is 0 Å². The molecule has 0 fully saturated rings. The van der Waals surface area contributed by atoms with Gasteiger partial charge in [0, 0.05) is 24.8 Å². The summed E-state index contributed by atoms with van der Waals surface area (Å²) in [6, 6.07) is 0. The summed E-state index contributed by atoms with van der Waals surface area (Å²) < 4.78 is 4.86. The molecule has 0 unspecified atom stereocenters. The maximum absolute atomic E-state index is 11.0. The number of aromatic amines is 2. The van der Waals surface area contributed by atoms with Gasteiger partial charge in [0.1, 0.15) is 0 Å². The van der Waals surface area contributed by atoms with Crippen LogP contribution in [0, 0.1) is 6.92 Å². The molecule has 0 spiro atoms. The van der Waals surface area contributed by atoms with Crippen molar-refractivity contribution in [3.05, 3.63) is 21.6 Å². The fourth-order valence-corrected chi connectivity index (χ4v) is 0.977. The first kappa shape index (κ1) is 8.07. The topological polar surface area (TPSA) is 57.9 Å². The quantitative estimate of drug-likeness (QED) is 0.656. The molecule has 1 rings (SSSR count). The predicted molar refractivity (Wildman–Crippen MR) is 41.7 cm³/mol. The standard InChI is InChI=1S/C7H12N2O2/c1-5-6(3-4-11-2)7(10)9-8-5/h3-4H2,1-2H3,(H2,8,9,10). The fourth-order valence-electron chi connectivity index (χ4n) is 0.977. The molecule has 0 aliphatic heterocycles. The predicted octanol–water partition coefficient (Wildman–Crippen LogP) is 0.200. The lowest BCUT2D eigenvalue weighted by Gasteiger charge is -1.94. The molecule has 0 aromatic carbocycles. The normalized spacial score (nSPS) is 10.4. The van der Waals surface area contributed by atoms with Crippen LogP contribution in [0.3, 0.4) is 0 Å². The van der Waals surface area contributed by atoms with Gasteiger partial charge in [-0.05, 0) is 6.92 Å². The summed E-state index contributed by atoms with van der Waals surface area (Å²) in [5.41, 5.74) is 1.64. The third-order valence-corrected chi connectivity index (χ3v) is 1.65. The van der Waals surface area contributed by atoms with Gasteiger partial charge in [-0.15, -0.1) is 0 Å². The minimum Gasteiger partial charge on any atom is -0.384 e. The molecule has 0 amide bonds. The number of hydrogen-bond donors (Lipinski definition) is 2. The molecule has 4 heteroatoms. The van der Waals surface area contributed by atoms with E-state index in [4.69, 9.17) is 4.74 Å². The lowest BCUT2D eigenvalue weighted by atomic mass is 10.2. The Morgan fingerprint density at radius 1 is 1.45 bits per heavy atom. The van der Waals surface area contributed by atoms with Crippen LogP contribution in [0.15, 0.2) is 4.79 Å². The molecule has 0 radical (unpaired) electrons. The van der Waals surface area contributed by atoms with Gasteiger partial charge in [-0.2, -0.15) is 0 Å². The zero-order chi connectivity index (χ0) is 8.27. The molecule has 0 saturated carbocycles. The fraction of sp³-hybridized carbons (Fsp3) is 0.571. The van der Waals surface area contributed by atoms with E-state index in [1.807, 2.05) is 6.92 Å².